The number of hydrogen-bond acceptors (Lipinski definition) is 4. The normalized spacial score (nSPS) is 11.9. The first-order valence-electron chi connectivity index (χ1n) is 11.7. The smallest absolute Gasteiger partial charge is 0.257 e. The van der Waals surface area contributed by atoms with Crippen molar-refractivity contribution in [1.82, 2.24) is 15.1 Å². The summed E-state index contributed by atoms with van der Waals surface area (Å²) in [6.45, 7) is 11.7. The number of methoxy groups -OCH3 is 1. The van der Waals surface area contributed by atoms with Crippen molar-refractivity contribution in [3.05, 3.63) is 76.1 Å². The van der Waals surface area contributed by atoms with Gasteiger partial charge in [-0.05, 0) is 54.7 Å². The first kappa shape index (κ1) is 26.3. The van der Waals surface area contributed by atoms with E-state index in [-0.39, 0.29) is 17.3 Å². The molecule has 0 bridgehead atoms. The molecule has 0 saturated carbocycles. The predicted molar refractivity (Wildman–Crippen MR) is 143 cm³/mol. The molecule has 0 aliphatic rings. The van der Waals surface area contributed by atoms with Gasteiger partial charge < -0.3 is 10.1 Å². The number of aliphatic imine (C=N–C) groups is 1. The molecule has 1 aromatic heterocycles. The second kappa shape index (κ2) is 11.4. The van der Waals surface area contributed by atoms with E-state index in [1.54, 1.807) is 25.3 Å². The van der Waals surface area contributed by atoms with E-state index >= 15 is 0 Å². The minimum Gasteiger partial charge on any atom is -0.495 e. The van der Waals surface area contributed by atoms with Crippen molar-refractivity contribution in [2.45, 2.75) is 59.5 Å². The van der Waals surface area contributed by atoms with Crippen LogP contribution < -0.4 is 15.4 Å². The lowest BCUT2D eigenvalue weighted by molar-refractivity contribution is 0.0977. The van der Waals surface area contributed by atoms with Crippen LogP contribution in [-0.4, -0.2) is 28.8 Å². The van der Waals surface area contributed by atoms with Gasteiger partial charge in [-0.25, -0.2) is 4.99 Å². The van der Waals surface area contributed by atoms with Crippen LogP contribution in [0.15, 0.2) is 53.7 Å². The summed E-state index contributed by atoms with van der Waals surface area (Å²) in [6.07, 6.45) is 2.99. The number of anilines is 1. The van der Waals surface area contributed by atoms with Gasteiger partial charge in [0.2, 0.25) is 5.96 Å². The van der Waals surface area contributed by atoms with E-state index < -0.39 is 0 Å². The third kappa shape index (κ3) is 7.09. The molecular weight excluding hydrogens is 462 g/mol. The van der Waals surface area contributed by atoms with Gasteiger partial charge in [-0.15, -0.1) is 0 Å². The molecule has 0 radical (unpaired) electrons. The van der Waals surface area contributed by atoms with Gasteiger partial charge in [0.1, 0.15) is 5.75 Å². The lowest BCUT2D eigenvalue weighted by Gasteiger charge is -2.19. The van der Waals surface area contributed by atoms with Crippen molar-refractivity contribution in [1.29, 1.82) is 0 Å². The average Bonchev–Trinajstić information content (AvgIpc) is 3.16. The van der Waals surface area contributed by atoms with E-state index in [9.17, 15) is 4.79 Å². The van der Waals surface area contributed by atoms with Crippen LogP contribution in [0.5, 0.6) is 5.75 Å². The third-order valence-corrected chi connectivity index (χ3v) is 5.80. The molecule has 8 heteroatoms. The van der Waals surface area contributed by atoms with Gasteiger partial charge in [0.15, 0.2) is 0 Å². The summed E-state index contributed by atoms with van der Waals surface area (Å²) >= 11 is 6.20. The lowest BCUT2D eigenvalue weighted by atomic mass is 9.87. The Balaban J connectivity index is 1.88. The average molecular weight is 496 g/mol. The van der Waals surface area contributed by atoms with Crippen molar-refractivity contribution in [2.75, 3.05) is 12.4 Å². The maximum atomic E-state index is 13.1. The number of amides is 1. The number of carbonyl (C=O) groups excluding carboxylic acids is 1. The SMILES string of the molecule is CCCn1cc(CN=C(NC(=O)c2ccc(C(C)(C)C)cc2)Nc2cc(Cl)ccc2OC)c(C)n1. The van der Waals surface area contributed by atoms with E-state index in [2.05, 4.69) is 48.4 Å². The van der Waals surface area contributed by atoms with Crippen LogP contribution in [-0.2, 0) is 18.5 Å². The zero-order valence-electron chi connectivity index (χ0n) is 21.3. The molecule has 3 aromatic rings. The topological polar surface area (TPSA) is 80.5 Å². The van der Waals surface area contributed by atoms with Gasteiger partial charge in [-0.2, -0.15) is 5.10 Å². The first-order valence-corrected chi connectivity index (χ1v) is 12.1. The second-order valence-corrected chi connectivity index (χ2v) is 9.86. The molecule has 0 atom stereocenters. The highest BCUT2D eigenvalue weighted by Crippen LogP contribution is 2.28. The van der Waals surface area contributed by atoms with E-state index in [1.165, 1.54) is 0 Å². The highest BCUT2D eigenvalue weighted by molar-refractivity contribution is 6.31. The number of aryl methyl sites for hydroxylation is 2. The summed E-state index contributed by atoms with van der Waals surface area (Å²) in [5.41, 5.74) is 4.19. The molecule has 0 aliphatic heterocycles. The van der Waals surface area contributed by atoms with Gasteiger partial charge in [-0.3, -0.25) is 14.8 Å². The van der Waals surface area contributed by atoms with Crippen LogP contribution in [0.25, 0.3) is 0 Å². The van der Waals surface area contributed by atoms with Gasteiger partial charge in [0.25, 0.3) is 5.91 Å². The maximum Gasteiger partial charge on any atom is 0.257 e. The third-order valence-electron chi connectivity index (χ3n) is 5.57. The van der Waals surface area contributed by atoms with Crippen LogP contribution in [0, 0.1) is 6.92 Å². The lowest BCUT2D eigenvalue weighted by Crippen LogP contribution is -2.36. The Morgan fingerprint density at radius 2 is 1.89 bits per heavy atom. The molecule has 0 aliphatic carbocycles. The van der Waals surface area contributed by atoms with Crippen molar-refractivity contribution in [2.24, 2.45) is 4.99 Å². The number of guanidine groups is 1. The molecule has 0 unspecified atom stereocenters. The number of nitrogens with one attached hydrogen (secondary N) is 2. The minimum absolute atomic E-state index is 0.00634. The second-order valence-electron chi connectivity index (χ2n) is 9.42. The first-order chi connectivity index (χ1) is 16.6. The highest BCUT2D eigenvalue weighted by Gasteiger charge is 2.16. The van der Waals surface area contributed by atoms with Crippen LogP contribution in [0.1, 0.15) is 61.3 Å². The van der Waals surface area contributed by atoms with Gasteiger partial charge in [-0.1, -0.05) is 51.4 Å². The van der Waals surface area contributed by atoms with Crippen LogP contribution >= 0.6 is 11.6 Å². The van der Waals surface area contributed by atoms with Crippen LogP contribution in [0.3, 0.4) is 0 Å². The van der Waals surface area contributed by atoms with Crippen LogP contribution in [0.2, 0.25) is 5.02 Å². The summed E-state index contributed by atoms with van der Waals surface area (Å²) in [7, 11) is 1.58. The fourth-order valence-electron chi connectivity index (χ4n) is 3.54. The van der Waals surface area contributed by atoms with Gasteiger partial charge >= 0.3 is 0 Å². The van der Waals surface area contributed by atoms with Crippen molar-refractivity contribution < 1.29 is 9.53 Å². The summed E-state index contributed by atoms with van der Waals surface area (Å²) in [5.74, 6) is 0.604. The fourth-order valence-corrected chi connectivity index (χ4v) is 3.71. The molecule has 1 amide bonds. The summed E-state index contributed by atoms with van der Waals surface area (Å²) in [6, 6.07) is 12.8. The van der Waals surface area contributed by atoms with Crippen molar-refractivity contribution >= 4 is 29.2 Å². The molecule has 7 nitrogen and oxygen atoms in total. The van der Waals surface area contributed by atoms with E-state index in [1.807, 2.05) is 42.1 Å². The number of halogens is 1. The van der Waals surface area contributed by atoms with Crippen molar-refractivity contribution in [3.8, 4) is 5.75 Å². The van der Waals surface area contributed by atoms with Crippen LogP contribution in [0.4, 0.5) is 5.69 Å². The molecule has 186 valence electrons. The monoisotopic (exact) mass is 495 g/mol. The standard InChI is InChI=1S/C27H34ClN5O2/c1-7-14-33-17-20(18(2)32-33)16-29-26(30-23-15-22(28)12-13-24(23)35-6)31-25(34)19-8-10-21(11-9-19)27(3,4)5/h8-13,15,17H,7,14,16H2,1-6H3,(H2,29,30,31,34). The van der Waals surface area contributed by atoms with Gasteiger partial charge in [0, 0.05) is 28.9 Å². The quantitative estimate of drug-likeness (QED) is 0.313. The molecule has 1 heterocycles. The number of benzene rings is 2. The summed E-state index contributed by atoms with van der Waals surface area (Å²) in [5, 5.41) is 11.2. The summed E-state index contributed by atoms with van der Waals surface area (Å²) < 4.78 is 7.37. The predicted octanol–water partition coefficient (Wildman–Crippen LogP) is 5.96. The molecular formula is C27H34ClN5O2. The maximum absolute atomic E-state index is 13.1. The number of nitrogens with zero attached hydrogens (tertiary/aromatic N) is 3. The Morgan fingerprint density at radius 3 is 2.51 bits per heavy atom. The zero-order valence-corrected chi connectivity index (χ0v) is 22.0. The molecule has 0 spiro atoms. The van der Waals surface area contributed by atoms with Gasteiger partial charge in [0.05, 0.1) is 25.0 Å². The number of carbonyl (C=O) groups is 1. The molecule has 35 heavy (non-hydrogen) atoms. The Hall–Kier alpha value is -3.32. The number of hydrogen-bond donors (Lipinski definition) is 2. The Kier molecular flexibility index (Phi) is 8.57. The molecule has 0 fully saturated rings. The molecule has 2 aromatic carbocycles. The van der Waals surface area contributed by atoms with E-state index in [4.69, 9.17) is 16.3 Å². The number of rotatable bonds is 7. The molecule has 0 saturated heterocycles. The Labute approximate surface area is 212 Å². The number of aromatic nitrogens is 2. The van der Waals surface area contributed by atoms with E-state index in [0.717, 1.165) is 29.8 Å². The highest BCUT2D eigenvalue weighted by atomic mass is 35.5. The Morgan fingerprint density at radius 1 is 1.17 bits per heavy atom. The fraction of sp³-hybridized carbons (Fsp3) is 0.370. The summed E-state index contributed by atoms with van der Waals surface area (Å²) in [4.78, 5) is 17.8. The molecule has 3 rings (SSSR count). The molecule has 2 N–H and O–H groups in total. The van der Waals surface area contributed by atoms with E-state index in [0.29, 0.717) is 28.6 Å². The number of ether oxygens (including phenoxy) is 1. The zero-order chi connectivity index (χ0) is 25.6. The minimum atomic E-state index is -0.267. The largest absolute Gasteiger partial charge is 0.495 e. The Bertz CT molecular complexity index is 1190. The van der Waals surface area contributed by atoms with Crippen molar-refractivity contribution in [3.63, 3.8) is 0 Å².